The van der Waals surface area contributed by atoms with E-state index in [1.54, 1.807) is 0 Å². The van der Waals surface area contributed by atoms with Gasteiger partial charge in [0.05, 0.1) is 12.2 Å². The highest BCUT2D eigenvalue weighted by molar-refractivity contribution is 9.10. The van der Waals surface area contributed by atoms with Crippen LogP contribution in [0.15, 0.2) is 16.7 Å². The molecule has 7 heteroatoms. The summed E-state index contributed by atoms with van der Waals surface area (Å²) in [5.41, 5.74) is -0.789. The number of nitrogens with one attached hydrogen (secondary N) is 1. The zero-order chi connectivity index (χ0) is 12.9. The van der Waals surface area contributed by atoms with Gasteiger partial charge in [-0.1, -0.05) is 0 Å². The Morgan fingerprint density at radius 3 is 2.76 bits per heavy atom. The molecular weight excluding hydrogens is 301 g/mol. The molecule has 0 spiro atoms. The van der Waals surface area contributed by atoms with Crippen LogP contribution >= 0.6 is 15.9 Å². The van der Waals surface area contributed by atoms with E-state index in [-0.39, 0.29) is 12.4 Å². The van der Waals surface area contributed by atoms with Gasteiger partial charge in [0, 0.05) is 23.8 Å². The molecule has 1 heterocycles. The minimum absolute atomic E-state index is 0.180. The topological polar surface area (TPSA) is 34.1 Å². The van der Waals surface area contributed by atoms with Gasteiger partial charge in [-0.15, -0.1) is 0 Å². The van der Waals surface area contributed by atoms with Crippen LogP contribution < -0.4 is 5.32 Å². The van der Waals surface area contributed by atoms with Crippen LogP contribution in [0.2, 0.25) is 0 Å². The number of anilines is 1. The van der Waals surface area contributed by atoms with Gasteiger partial charge in [0.2, 0.25) is 0 Å². The van der Waals surface area contributed by atoms with E-state index in [0.717, 1.165) is 6.07 Å². The first kappa shape index (κ1) is 14.2. The Morgan fingerprint density at radius 1 is 1.47 bits per heavy atom. The van der Waals surface area contributed by atoms with E-state index < -0.39 is 11.7 Å². The van der Waals surface area contributed by atoms with Crippen molar-refractivity contribution in [3.63, 3.8) is 0 Å². The van der Waals surface area contributed by atoms with Crippen molar-refractivity contribution in [3.8, 4) is 0 Å². The second-order valence-corrected chi connectivity index (χ2v) is 4.09. The van der Waals surface area contributed by atoms with Crippen LogP contribution in [-0.2, 0) is 10.9 Å². The number of alkyl halides is 3. The van der Waals surface area contributed by atoms with Crippen molar-refractivity contribution >= 4 is 21.7 Å². The van der Waals surface area contributed by atoms with Gasteiger partial charge in [-0.2, -0.15) is 13.2 Å². The second kappa shape index (κ2) is 6.20. The second-order valence-electron chi connectivity index (χ2n) is 3.17. The lowest BCUT2D eigenvalue weighted by molar-refractivity contribution is -0.137. The maximum Gasteiger partial charge on any atom is 0.419 e. The maximum atomic E-state index is 12.7. The first-order valence-corrected chi connectivity index (χ1v) is 5.78. The zero-order valence-corrected chi connectivity index (χ0v) is 10.7. The average molecular weight is 313 g/mol. The number of ether oxygens (including phenoxy) is 1. The monoisotopic (exact) mass is 312 g/mol. The van der Waals surface area contributed by atoms with Crippen molar-refractivity contribution < 1.29 is 17.9 Å². The molecule has 0 radical (unpaired) electrons. The molecule has 1 aromatic heterocycles. The molecule has 1 N–H and O–H groups in total. The smallest absolute Gasteiger partial charge is 0.380 e. The molecule has 0 aliphatic rings. The molecule has 0 aliphatic carbocycles. The third-order valence-corrected chi connectivity index (χ3v) is 2.34. The molecule has 1 rings (SSSR count). The summed E-state index contributed by atoms with van der Waals surface area (Å²) < 4.78 is 43.3. The summed E-state index contributed by atoms with van der Waals surface area (Å²) >= 11 is 2.97. The molecular formula is C10H12BrF3N2O. The Morgan fingerprint density at radius 2 is 2.18 bits per heavy atom. The molecule has 0 atom stereocenters. The van der Waals surface area contributed by atoms with Crippen LogP contribution in [0.25, 0.3) is 0 Å². The average Bonchev–Trinajstić information content (AvgIpc) is 2.25. The van der Waals surface area contributed by atoms with Crippen molar-refractivity contribution in [2.75, 3.05) is 25.1 Å². The predicted molar refractivity (Wildman–Crippen MR) is 61.9 cm³/mol. The molecule has 0 unspecified atom stereocenters. The summed E-state index contributed by atoms with van der Waals surface area (Å²) in [6.45, 7) is 2.97. The van der Waals surface area contributed by atoms with Crippen molar-refractivity contribution in [2.24, 2.45) is 0 Å². The van der Waals surface area contributed by atoms with Crippen molar-refractivity contribution in [2.45, 2.75) is 13.1 Å². The third-order valence-electron chi connectivity index (χ3n) is 1.90. The van der Waals surface area contributed by atoms with Crippen LogP contribution in [-0.4, -0.2) is 24.7 Å². The summed E-state index contributed by atoms with van der Waals surface area (Å²) in [5.74, 6) is -0.180. The van der Waals surface area contributed by atoms with Gasteiger partial charge in [-0.05, 0) is 28.9 Å². The van der Waals surface area contributed by atoms with Crippen molar-refractivity contribution in [1.82, 2.24) is 4.98 Å². The quantitative estimate of drug-likeness (QED) is 0.847. The van der Waals surface area contributed by atoms with E-state index in [1.165, 1.54) is 6.20 Å². The molecule has 0 aliphatic heterocycles. The molecule has 1 aromatic rings. The molecule has 0 aromatic carbocycles. The van der Waals surface area contributed by atoms with Gasteiger partial charge in [0.25, 0.3) is 0 Å². The van der Waals surface area contributed by atoms with Crippen LogP contribution in [0.1, 0.15) is 12.5 Å². The largest absolute Gasteiger partial charge is 0.419 e. The minimum Gasteiger partial charge on any atom is -0.380 e. The van der Waals surface area contributed by atoms with E-state index >= 15 is 0 Å². The number of hydrogen-bond acceptors (Lipinski definition) is 3. The first-order chi connectivity index (χ1) is 7.95. The zero-order valence-electron chi connectivity index (χ0n) is 9.14. The van der Waals surface area contributed by atoms with Crippen molar-refractivity contribution in [3.05, 3.63) is 22.3 Å². The summed E-state index contributed by atoms with van der Waals surface area (Å²) in [5, 5.41) is 2.60. The highest BCUT2D eigenvalue weighted by Crippen LogP contribution is 2.35. The summed E-state index contributed by atoms with van der Waals surface area (Å²) in [6.07, 6.45) is -3.11. The Balaban J connectivity index is 2.77. The van der Waals surface area contributed by atoms with E-state index in [0.29, 0.717) is 17.7 Å². The number of aromatic nitrogens is 1. The molecule has 0 saturated heterocycles. The molecule has 0 bridgehead atoms. The molecule has 0 fully saturated rings. The highest BCUT2D eigenvalue weighted by atomic mass is 79.9. The van der Waals surface area contributed by atoms with Gasteiger partial charge < -0.3 is 10.1 Å². The van der Waals surface area contributed by atoms with Crippen LogP contribution in [0.3, 0.4) is 0 Å². The standard InChI is InChI=1S/C10H12BrF3N2O/c1-2-17-4-3-15-9-8(10(12,13)14)5-7(11)6-16-9/h5-6H,2-4H2,1H3,(H,15,16). The van der Waals surface area contributed by atoms with E-state index in [4.69, 9.17) is 4.74 Å². The number of halogens is 4. The minimum atomic E-state index is -4.43. The maximum absolute atomic E-state index is 12.7. The SMILES string of the molecule is CCOCCNc1ncc(Br)cc1C(F)(F)F. The lowest BCUT2D eigenvalue weighted by Crippen LogP contribution is -2.15. The fraction of sp³-hybridized carbons (Fsp3) is 0.500. The van der Waals surface area contributed by atoms with Gasteiger partial charge in [-0.25, -0.2) is 4.98 Å². The third kappa shape index (κ3) is 4.51. The summed E-state index contributed by atoms with van der Waals surface area (Å²) in [7, 11) is 0. The van der Waals surface area contributed by atoms with Gasteiger partial charge >= 0.3 is 6.18 Å². The van der Waals surface area contributed by atoms with E-state index in [2.05, 4.69) is 26.2 Å². The number of hydrogen-bond donors (Lipinski definition) is 1. The Hall–Kier alpha value is -0.820. The first-order valence-electron chi connectivity index (χ1n) is 4.99. The normalized spacial score (nSPS) is 11.6. The van der Waals surface area contributed by atoms with E-state index in [9.17, 15) is 13.2 Å². The van der Waals surface area contributed by atoms with Gasteiger partial charge in [0.1, 0.15) is 5.82 Å². The Kier molecular flexibility index (Phi) is 5.20. The van der Waals surface area contributed by atoms with Crippen molar-refractivity contribution in [1.29, 1.82) is 0 Å². The molecule has 0 amide bonds. The van der Waals surface area contributed by atoms with Crippen LogP contribution in [0.5, 0.6) is 0 Å². The van der Waals surface area contributed by atoms with Crippen LogP contribution in [0.4, 0.5) is 19.0 Å². The lowest BCUT2D eigenvalue weighted by Gasteiger charge is -2.13. The fourth-order valence-corrected chi connectivity index (χ4v) is 1.51. The van der Waals surface area contributed by atoms with Gasteiger partial charge in [0.15, 0.2) is 0 Å². The molecule has 3 nitrogen and oxygen atoms in total. The van der Waals surface area contributed by atoms with Crippen LogP contribution in [0, 0.1) is 0 Å². The highest BCUT2D eigenvalue weighted by Gasteiger charge is 2.34. The fourth-order valence-electron chi connectivity index (χ4n) is 1.18. The molecule has 0 saturated carbocycles. The molecule has 17 heavy (non-hydrogen) atoms. The summed E-state index contributed by atoms with van der Waals surface area (Å²) in [6, 6.07) is 0.996. The van der Waals surface area contributed by atoms with Gasteiger partial charge in [-0.3, -0.25) is 0 Å². The Bertz CT molecular complexity index is 371. The number of pyridine rings is 1. The van der Waals surface area contributed by atoms with E-state index in [1.807, 2.05) is 6.92 Å². The Labute approximate surface area is 106 Å². The lowest BCUT2D eigenvalue weighted by atomic mass is 10.2. The molecule has 96 valence electrons. The number of rotatable bonds is 5. The summed E-state index contributed by atoms with van der Waals surface area (Å²) in [4.78, 5) is 3.71. The number of nitrogens with zero attached hydrogens (tertiary/aromatic N) is 1. The predicted octanol–water partition coefficient (Wildman–Crippen LogP) is 3.31.